The van der Waals surface area contributed by atoms with Crippen LogP contribution in [0.5, 0.6) is 11.6 Å². The topological polar surface area (TPSA) is 22.1 Å². The van der Waals surface area contributed by atoms with E-state index in [0.717, 1.165) is 5.75 Å². The van der Waals surface area contributed by atoms with Crippen molar-refractivity contribution in [3.05, 3.63) is 52.7 Å². The molecule has 0 saturated heterocycles. The lowest BCUT2D eigenvalue weighted by Crippen LogP contribution is -1.93. The highest BCUT2D eigenvalue weighted by molar-refractivity contribution is 6.30. The van der Waals surface area contributed by atoms with Crippen molar-refractivity contribution in [1.82, 2.24) is 4.98 Å². The van der Waals surface area contributed by atoms with Gasteiger partial charge >= 0.3 is 0 Å². The van der Waals surface area contributed by atoms with Crippen LogP contribution >= 0.6 is 11.6 Å². The summed E-state index contributed by atoms with van der Waals surface area (Å²) in [7, 11) is 0. The Morgan fingerprint density at radius 3 is 2.50 bits per heavy atom. The first-order valence-corrected chi connectivity index (χ1v) is 6.34. The summed E-state index contributed by atoms with van der Waals surface area (Å²) >= 11 is 5.78. The molecule has 3 heteroatoms. The smallest absolute Gasteiger partial charge is 0.219 e. The summed E-state index contributed by atoms with van der Waals surface area (Å²) < 4.78 is 5.68. The van der Waals surface area contributed by atoms with Crippen LogP contribution in [-0.2, 0) is 0 Å². The minimum Gasteiger partial charge on any atom is -0.439 e. The van der Waals surface area contributed by atoms with Gasteiger partial charge in [0, 0.05) is 12.3 Å². The third-order valence-electron chi connectivity index (χ3n) is 2.79. The normalized spacial score (nSPS) is 10.7. The zero-order valence-electron chi connectivity index (χ0n) is 10.8. The molecule has 0 amide bonds. The van der Waals surface area contributed by atoms with Crippen LogP contribution in [0.2, 0.25) is 5.02 Å². The van der Waals surface area contributed by atoms with E-state index < -0.39 is 0 Å². The molecule has 0 radical (unpaired) electrons. The number of nitrogens with zero attached hydrogens (tertiary/aromatic N) is 1. The molecular formula is C15H16ClNO. The molecule has 0 saturated carbocycles. The van der Waals surface area contributed by atoms with E-state index in [1.807, 2.05) is 12.1 Å². The lowest BCUT2D eigenvalue weighted by molar-refractivity contribution is 0.462. The molecule has 0 N–H and O–H groups in total. The highest BCUT2D eigenvalue weighted by Crippen LogP contribution is 2.26. The maximum Gasteiger partial charge on any atom is 0.219 e. The maximum atomic E-state index is 5.78. The molecule has 0 fully saturated rings. The average molecular weight is 262 g/mol. The summed E-state index contributed by atoms with van der Waals surface area (Å²) in [4.78, 5) is 4.11. The Balaban J connectivity index is 2.20. The molecule has 0 atom stereocenters. The van der Waals surface area contributed by atoms with Gasteiger partial charge in [-0.1, -0.05) is 31.5 Å². The summed E-state index contributed by atoms with van der Waals surface area (Å²) in [5.74, 6) is 1.87. The van der Waals surface area contributed by atoms with Crippen molar-refractivity contribution >= 4 is 11.6 Å². The third-order valence-corrected chi connectivity index (χ3v) is 3.01. The van der Waals surface area contributed by atoms with Crippen molar-refractivity contribution in [3.8, 4) is 11.6 Å². The van der Waals surface area contributed by atoms with E-state index in [4.69, 9.17) is 16.3 Å². The van der Waals surface area contributed by atoms with E-state index in [1.54, 1.807) is 18.3 Å². The lowest BCUT2D eigenvalue weighted by Gasteiger charge is -2.11. The highest BCUT2D eigenvalue weighted by atomic mass is 35.5. The average Bonchev–Trinajstić information content (AvgIpc) is 2.32. The number of aryl methyl sites for hydroxylation is 1. The second-order valence-corrected chi connectivity index (χ2v) is 5.03. The first-order chi connectivity index (χ1) is 8.56. The molecule has 2 rings (SSSR count). The Morgan fingerprint density at radius 1 is 1.17 bits per heavy atom. The fourth-order valence-electron chi connectivity index (χ4n) is 1.90. The van der Waals surface area contributed by atoms with Gasteiger partial charge in [0.25, 0.3) is 0 Å². The maximum absolute atomic E-state index is 5.78. The Kier molecular flexibility index (Phi) is 3.87. The predicted octanol–water partition coefficient (Wildman–Crippen LogP) is 4.96. The molecule has 0 bridgehead atoms. The van der Waals surface area contributed by atoms with Gasteiger partial charge in [-0.05, 0) is 42.2 Å². The van der Waals surface area contributed by atoms with Gasteiger partial charge < -0.3 is 4.74 Å². The van der Waals surface area contributed by atoms with Crippen LogP contribution in [0.3, 0.4) is 0 Å². The van der Waals surface area contributed by atoms with Crippen LogP contribution in [0.25, 0.3) is 0 Å². The Morgan fingerprint density at radius 2 is 1.94 bits per heavy atom. The molecule has 0 aliphatic rings. The second-order valence-electron chi connectivity index (χ2n) is 4.59. The first kappa shape index (κ1) is 12.9. The minimum atomic E-state index is 0.521. The van der Waals surface area contributed by atoms with Crippen molar-refractivity contribution < 1.29 is 4.74 Å². The van der Waals surface area contributed by atoms with E-state index in [9.17, 15) is 0 Å². The van der Waals surface area contributed by atoms with Gasteiger partial charge in [0.1, 0.15) is 5.75 Å². The van der Waals surface area contributed by atoms with Gasteiger partial charge in [0.2, 0.25) is 5.88 Å². The van der Waals surface area contributed by atoms with Crippen LogP contribution in [0.4, 0.5) is 0 Å². The molecule has 0 spiro atoms. The van der Waals surface area contributed by atoms with Gasteiger partial charge in [-0.25, -0.2) is 4.98 Å². The largest absolute Gasteiger partial charge is 0.439 e. The molecule has 2 nitrogen and oxygen atoms in total. The van der Waals surface area contributed by atoms with E-state index in [-0.39, 0.29) is 0 Å². The predicted molar refractivity (Wildman–Crippen MR) is 74.6 cm³/mol. The fraction of sp³-hybridized carbons (Fsp3) is 0.267. The highest BCUT2D eigenvalue weighted by Gasteiger charge is 2.05. The minimum absolute atomic E-state index is 0.521. The molecule has 0 aliphatic carbocycles. The zero-order chi connectivity index (χ0) is 13.1. The van der Waals surface area contributed by atoms with Crippen molar-refractivity contribution in [2.45, 2.75) is 26.7 Å². The first-order valence-electron chi connectivity index (χ1n) is 5.96. The quantitative estimate of drug-likeness (QED) is 0.779. The number of hydrogen-bond acceptors (Lipinski definition) is 2. The van der Waals surface area contributed by atoms with Gasteiger partial charge in [-0.15, -0.1) is 0 Å². The van der Waals surface area contributed by atoms with Crippen molar-refractivity contribution in [2.24, 2.45) is 0 Å². The van der Waals surface area contributed by atoms with Crippen molar-refractivity contribution in [1.29, 1.82) is 0 Å². The van der Waals surface area contributed by atoms with Crippen LogP contribution in [0, 0.1) is 6.92 Å². The van der Waals surface area contributed by atoms with Gasteiger partial charge in [-0.3, -0.25) is 0 Å². The van der Waals surface area contributed by atoms with Crippen LogP contribution in [0.15, 0.2) is 36.5 Å². The number of halogens is 1. The lowest BCUT2D eigenvalue weighted by atomic mass is 9.98. The van der Waals surface area contributed by atoms with Crippen molar-refractivity contribution in [3.63, 3.8) is 0 Å². The van der Waals surface area contributed by atoms with Crippen molar-refractivity contribution in [2.75, 3.05) is 0 Å². The van der Waals surface area contributed by atoms with Gasteiger partial charge in [-0.2, -0.15) is 0 Å². The van der Waals surface area contributed by atoms with E-state index >= 15 is 0 Å². The summed E-state index contributed by atoms with van der Waals surface area (Å²) in [6.45, 7) is 6.46. The molecule has 2 aromatic rings. The zero-order valence-corrected chi connectivity index (χ0v) is 11.5. The van der Waals surface area contributed by atoms with Crippen LogP contribution in [-0.4, -0.2) is 4.98 Å². The van der Waals surface area contributed by atoms with Crippen LogP contribution < -0.4 is 4.74 Å². The molecule has 18 heavy (non-hydrogen) atoms. The Labute approximate surface area is 113 Å². The number of aromatic nitrogens is 1. The number of rotatable bonds is 3. The molecule has 94 valence electrons. The molecule has 1 aromatic heterocycles. The Hall–Kier alpha value is -1.54. The number of hydrogen-bond donors (Lipinski definition) is 0. The molecule has 0 aliphatic heterocycles. The second kappa shape index (κ2) is 5.40. The summed E-state index contributed by atoms with van der Waals surface area (Å²) in [5, 5.41) is 0.605. The van der Waals surface area contributed by atoms with E-state index in [2.05, 4.69) is 31.8 Å². The van der Waals surface area contributed by atoms with Gasteiger partial charge in [0.15, 0.2) is 0 Å². The summed E-state index contributed by atoms with van der Waals surface area (Å²) in [6, 6.07) is 9.63. The number of ether oxygens (including phenoxy) is 1. The van der Waals surface area contributed by atoms with E-state index in [1.165, 1.54) is 11.1 Å². The molecular weight excluding hydrogens is 246 g/mol. The monoisotopic (exact) mass is 261 g/mol. The SMILES string of the molecule is Cc1cc(Oc2ccc(Cl)cn2)ccc1C(C)C. The van der Waals surface area contributed by atoms with Crippen LogP contribution in [0.1, 0.15) is 30.9 Å². The fourth-order valence-corrected chi connectivity index (χ4v) is 2.01. The third kappa shape index (κ3) is 3.02. The summed E-state index contributed by atoms with van der Waals surface area (Å²) in [5.41, 5.74) is 2.57. The molecule has 0 unspecified atom stereocenters. The Bertz CT molecular complexity index is 535. The van der Waals surface area contributed by atoms with E-state index in [0.29, 0.717) is 16.8 Å². The number of benzene rings is 1. The number of pyridine rings is 1. The molecule has 1 heterocycles. The standard InChI is InChI=1S/C15H16ClNO/c1-10(2)14-6-5-13(8-11(14)3)18-15-7-4-12(16)9-17-15/h4-10H,1-3H3. The summed E-state index contributed by atoms with van der Waals surface area (Å²) in [6.07, 6.45) is 1.58. The molecule has 1 aromatic carbocycles. The van der Waals surface area contributed by atoms with Gasteiger partial charge in [0.05, 0.1) is 5.02 Å².